The smallest absolute Gasteiger partial charge is 0.133 e. The van der Waals surface area contributed by atoms with E-state index < -0.39 is 4.87 Å². The molecule has 3 aromatic rings. The summed E-state index contributed by atoms with van der Waals surface area (Å²) in [6.07, 6.45) is 0. The average Bonchev–Trinajstić information content (AvgIpc) is 2.57. The quantitative estimate of drug-likeness (QED) is 0.504. The van der Waals surface area contributed by atoms with Crippen LogP contribution in [0.4, 0.5) is 0 Å². The van der Waals surface area contributed by atoms with E-state index in [-0.39, 0.29) is 0 Å². The molecule has 0 fully saturated rings. The zero-order valence-corrected chi connectivity index (χ0v) is 13.9. The van der Waals surface area contributed by atoms with Gasteiger partial charge in [0.05, 0.1) is 0 Å². The molecule has 0 amide bonds. The van der Waals surface area contributed by atoms with Gasteiger partial charge in [0.25, 0.3) is 0 Å². The Kier molecular flexibility index (Phi) is 3.21. The van der Waals surface area contributed by atoms with Crippen molar-refractivity contribution in [3.63, 3.8) is 0 Å². The third-order valence-corrected chi connectivity index (χ3v) is 5.03. The lowest BCUT2D eigenvalue weighted by Crippen LogP contribution is -2.27. The number of halogens is 1. The van der Waals surface area contributed by atoms with Crippen LogP contribution in [0.25, 0.3) is 0 Å². The Morgan fingerprint density at radius 3 is 1.78 bits per heavy atom. The highest BCUT2D eigenvalue weighted by atomic mass is 35.5. The van der Waals surface area contributed by atoms with Gasteiger partial charge in [-0.05, 0) is 43.7 Å². The van der Waals surface area contributed by atoms with E-state index in [1.165, 1.54) is 11.1 Å². The third kappa shape index (κ3) is 2.15. The highest BCUT2D eigenvalue weighted by Gasteiger charge is 2.42. The fourth-order valence-electron chi connectivity index (χ4n) is 3.25. The monoisotopic (exact) mass is 320 g/mol. The van der Waals surface area contributed by atoms with Crippen LogP contribution < -0.4 is 4.74 Å². The van der Waals surface area contributed by atoms with Crippen molar-refractivity contribution in [3.8, 4) is 11.5 Å². The number of alkyl halides is 1. The standard InChI is InChI=1S/C21H17ClO/c1-14-8-10-19-17(12-14)21(22,16-6-4-3-5-7-16)18-13-15(2)9-11-20(18)23-19/h3-13H,1-2H3. The first kappa shape index (κ1) is 14.3. The van der Waals surface area contributed by atoms with Gasteiger partial charge in [-0.1, -0.05) is 53.6 Å². The average molecular weight is 321 g/mol. The van der Waals surface area contributed by atoms with E-state index in [9.17, 15) is 0 Å². The van der Waals surface area contributed by atoms with Gasteiger partial charge in [0.2, 0.25) is 0 Å². The van der Waals surface area contributed by atoms with Crippen LogP contribution in [0.15, 0.2) is 66.7 Å². The summed E-state index contributed by atoms with van der Waals surface area (Å²) in [7, 11) is 0. The molecule has 0 bridgehead atoms. The lowest BCUT2D eigenvalue weighted by atomic mass is 9.80. The van der Waals surface area contributed by atoms with E-state index in [1.54, 1.807) is 0 Å². The van der Waals surface area contributed by atoms with Crippen molar-refractivity contribution in [1.82, 2.24) is 0 Å². The van der Waals surface area contributed by atoms with Crippen LogP contribution in [0.1, 0.15) is 27.8 Å². The summed E-state index contributed by atoms with van der Waals surface area (Å²) in [5.74, 6) is 1.65. The van der Waals surface area contributed by atoms with Gasteiger partial charge in [0, 0.05) is 11.1 Å². The zero-order valence-electron chi connectivity index (χ0n) is 13.1. The number of ether oxygens (including phenoxy) is 1. The van der Waals surface area contributed by atoms with E-state index in [1.807, 2.05) is 30.3 Å². The maximum Gasteiger partial charge on any atom is 0.133 e. The van der Waals surface area contributed by atoms with Crippen molar-refractivity contribution < 1.29 is 4.74 Å². The second kappa shape index (κ2) is 5.14. The first-order valence-electron chi connectivity index (χ1n) is 7.73. The number of aryl methyl sites for hydroxylation is 2. The maximum atomic E-state index is 7.33. The molecule has 0 aliphatic carbocycles. The van der Waals surface area contributed by atoms with Gasteiger partial charge in [-0.15, -0.1) is 11.6 Å². The van der Waals surface area contributed by atoms with E-state index in [0.29, 0.717) is 0 Å². The fourth-order valence-corrected chi connectivity index (χ4v) is 3.67. The van der Waals surface area contributed by atoms with Crippen molar-refractivity contribution in [2.24, 2.45) is 0 Å². The molecule has 0 spiro atoms. The van der Waals surface area contributed by atoms with E-state index in [2.05, 4.69) is 50.2 Å². The van der Waals surface area contributed by atoms with Crippen LogP contribution in [-0.2, 0) is 4.87 Å². The van der Waals surface area contributed by atoms with Gasteiger partial charge < -0.3 is 4.74 Å². The highest BCUT2D eigenvalue weighted by Crippen LogP contribution is 2.54. The molecule has 23 heavy (non-hydrogen) atoms. The highest BCUT2D eigenvalue weighted by molar-refractivity contribution is 6.29. The molecule has 2 heteroatoms. The Hall–Kier alpha value is -2.25. The summed E-state index contributed by atoms with van der Waals surface area (Å²) in [5, 5.41) is 0. The second-order valence-corrected chi connectivity index (χ2v) is 6.69. The predicted octanol–water partition coefficient (Wildman–Crippen LogP) is 5.94. The van der Waals surface area contributed by atoms with Gasteiger partial charge >= 0.3 is 0 Å². The largest absolute Gasteiger partial charge is 0.457 e. The molecule has 0 aromatic heterocycles. The minimum absolute atomic E-state index is 0.734. The van der Waals surface area contributed by atoms with Crippen LogP contribution in [0, 0.1) is 13.8 Å². The molecular formula is C21H17ClO. The number of benzene rings is 3. The molecule has 0 radical (unpaired) electrons. The Morgan fingerprint density at radius 1 is 0.739 bits per heavy atom. The first-order chi connectivity index (χ1) is 11.1. The normalized spacial score (nSPS) is 14.6. The van der Waals surface area contributed by atoms with E-state index in [4.69, 9.17) is 16.3 Å². The van der Waals surface area contributed by atoms with Crippen LogP contribution in [-0.4, -0.2) is 0 Å². The number of rotatable bonds is 1. The van der Waals surface area contributed by atoms with Crippen molar-refractivity contribution in [3.05, 3.63) is 94.5 Å². The SMILES string of the molecule is Cc1ccc2c(c1)C(Cl)(c1ccccc1)c1cc(C)ccc1O2. The molecule has 3 aromatic carbocycles. The molecule has 1 heterocycles. The van der Waals surface area contributed by atoms with Crippen molar-refractivity contribution in [2.45, 2.75) is 18.7 Å². The number of hydrogen-bond donors (Lipinski definition) is 0. The van der Waals surface area contributed by atoms with E-state index >= 15 is 0 Å². The second-order valence-electron chi connectivity index (χ2n) is 6.13. The maximum absolute atomic E-state index is 7.33. The summed E-state index contributed by atoms with van der Waals surface area (Å²) in [4.78, 5) is -0.734. The van der Waals surface area contributed by atoms with Crippen molar-refractivity contribution >= 4 is 11.6 Å². The molecule has 1 nitrogen and oxygen atoms in total. The molecule has 0 saturated carbocycles. The van der Waals surface area contributed by atoms with Crippen LogP contribution >= 0.6 is 11.6 Å². The van der Waals surface area contributed by atoms with Gasteiger partial charge in [0.15, 0.2) is 0 Å². The number of fused-ring (bicyclic) bond motifs is 2. The Labute approximate surface area is 141 Å². The summed E-state index contributed by atoms with van der Waals surface area (Å²) >= 11 is 7.33. The third-order valence-electron chi connectivity index (χ3n) is 4.40. The molecule has 1 aliphatic heterocycles. The first-order valence-corrected chi connectivity index (χ1v) is 8.11. The fraction of sp³-hybridized carbons (Fsp3) is 0.143. The van der Waals surface area contributed by atoms with Crippen LogP contribution in [0.5, 0.6) is 11.5 Å². The molecular weight excluding hydrogens is 304 g/mol. The zero-order chi connectivity index (χ0) is 16.0. The molecule has 0 atom stereocenters. The van der Waals surface area contributed by atoms with E-state index in [0.717, 1.165) is 28.2 Å². The van der Waals surface area contributed by atoms with Gasteiger partial charge in [0.1, 0.15) is 16.4 Å². The minimum Gasteiger partial charge on any atom is -0.457 e. The molecule has 1 aliphatic rings. The summed E-state index contributed by atoms with van der Waals surface area (Å²) in [6, 6.07) is 22.6. The predicted molar refractivity (Wildman–Crippen MR) is 94.6 cm³/mol. The van der Waals surface area contributed by atoms with Gasteiger partial charge in [-0.25, -0.2) is 0 Å². The summed E-state index contributed by atoms with van der Waals surface area (Å²) in [5.41, 5.74) is 5.41. The Morgan fingerprint density at radius 2 is 1.26 bits per heavy atom. The van der Waals surface area contributed by atoms with Crippen LogP contribution in [0.2, 0.25) is 0 Å². The number of hydrogen-bond acceptors (Lipinski definition) is 1. The molecule has 114 valence electrons. The molecule has 0 N–H and O–H groups in total. The molecule has 0 unspecified atom stereocenters. The van der Waals surface area contributed by atoms with Gasteiger partial charge in [-0.3, -0.25) is 0 Å². The molecule has 4 rings (SSSR count). The summed E-state index contributed by atoms with van der Waals surface area (Å²) in [6.45, 7) is 4.16. The lowest BCUT2D eigenvalue weighted by molar-refractivity contribution is 0.445. The molecule has 0 saturated heterocycles. The lowest BCUT2D eigenvalue weighted by Gasteiger charge is -2.36. The van der Waals surface area contributed by atoms with Crippen molar-refractivity contribution in [2.75, 3.05) is 0 Å². The van der Waals surface area contributed by atoms with Crippen LogP contribution in [0.3, 0.4) is 0 Å². The van der Waals surface area contributed by atoms with Gasteiger partial charge in [-0.2, -0.15) is 0 Å². The Bertz CT molecular complexity index is 832. The Balaban J connectivity index is 2.08. The summed E-state index contributed by atoms with van der Waals surface area (Å²) < 4.78 is 6.12. The van der Waals surface area contributed by atoms with Crippen molar-refractivity contribution in [1.29, 1.82) is 0 Å². The topological polar surface area (TPSA) is 9.23 Å². The minimum atomic E-state index is -0.734.